The lowest BCUT2D eigenvalue weighted by Crippen LogP contribution is -2.50. The SMILES string of the molecule is CN=C(NCC(=O)OC(C)(C)C)NC1CCN(c2ccc(C)cn2)CC1. The maximum absolute atomic E-state index is 11.8. The smallest absolute Gasteiger partial charge is 0.325 e. The zero-order chi connectivity index (χ0) is 19.2. The molecule has 1 aromatic heterocycles. The van der Waals surface area contributed by atoms with E-state index in [0.29, 0.717) is 12.0 Å². The fourth-order valence-electron chi connectivity index (χ4n) is 2.82. The number of carbonyl (C=O) groups is 1. The zero-order valence-electron chi connectivity index (χ0n) is 16.5. The minimum absolute atomic E-state index is 0.100. The fraction of sp³-hybridized carbons (Fsp3) is 0.632. The normalized spacial score (nSPS) is 16.3. The molecule has 2 heterocycles. The summed E-state index contributed by atoms with van der Waals surface area (Å²) in [7, 11) is 1.70. The number of hydrogen-bond donors (Lipinski definition) is 2. The lowest BCUT2D eigenvalue weighted by molar-refractivity contribution is -0.153. The van der Waals surface area contributed by atoms with Gasteiger partial charge in [-0.05, 0) is 52.2 Å². The molecule has 144 valence electrons. The summed E-state index contributed by atoms with van der Waals surface area (Å²) >= 11 is 0. The average molecular weight is 361 g/mol. The maximum atomic E-state index is 11.8. The summed E-state index contributed by atoms with van der Waals surface area (Å²) in [4.78, 5) is 22.8. The second-order valence-electron chi connectivity index (χ2n) is 7.61. The van der Waals surface area contributed by atoms with Crippen LogP contribution in [0.2, 0.25) is 0 Å². The maximum Gasteiger partial charge on any atom is 0.325 e. The van der Waals surface area contributed by atoms with Crippen molar-refractivity contribution in [2.24, 2.45) is 4.99 Å². The molecule has 0 saturated carbocycles. The first-order chi connectivity index (χ1) is 12.3. The minimum atomic E-state index is -0.480. The Labute approximate surface area is 156 Å². The quantitative estimate of drug-likeness (QED) is 0.484. The largest absolute Gasteiger partial charge is 0.459 e. The number of carbonyl (C=O) groups excluding carboxylic acids is 1. The number of piperidine rings is 1. The minimum Gasteiger partial charge on any atom is -0.459 e. The van der Waals surface area contributed by atoms with Crippen LogP contribution < -0.4 is 15.5 Å². The Morgan fingerprint density at radius 3 is 2.58 bits per heavy atom. The number of nitrogens with zero attached hydrogens (tertiary/aromatic N) is 3. The number of rotatable bonds is 4. The molecule has 1 fully saturated rings. The Morgan fingerprint density at radius 2 is 2.04 bits per heavy atom. The molecule has 1 aliphatic rings. The van der Waals surface area contributed by atoms with Gasteiger partial charge in [-0.1, -0.05) is 6.07 Å². The van der Waals surface area contributed by atoms with Gasteiger partial charge in [0.25, 0.3) is 0 Å². The molecule has 1 saturated heterocycles. The molecule has 0 radical (unpaired) electrons. The number of aryl methyl sites for hydroxylation is 1. The number of aromatic nitrogens is 1. The highest BCUT2D eigenvalue weighted by molar-refractivity contribution is 5.84. The third-order valence-electron chi connectivity index (χ3n) is 4.10. The first kappa shape index (κ1) is 20.0. The van der Waals surface area contributed by atoms with E-state index in [1.165, 1.54) is 5.56 Å². The van der Waals surface area contributed by atoms with Crippen molar-refractivity contribution in [3.8, 4) is 0 Å². The second-order valence-corrected chi connectivity index (χ2v) is 7.61. The molecule has 7 heteroatoms. The lowest BCUT2D eigenvalue weighted by atomic mass is 10.1. The van der Waals surface area contributed by atoms with Crippen LogP contribution in [-0.4, -0.2) is 55.2 Å². The molecule has 0 spiro atoms. The molecule has 0 aromatic carbocycles. The summed E-state index contributed by atoms with van der Waals surface area (Å²) in [6.07, 6.45) is 3.88. The van der Waals surface area contributed by atoms with Crippen molar-refractivity contribution in [3.63, 3.8) is 0 Å². The standard InChI is InChI=1S/C19H31N5O2/c1-14-6-7-16(21-12-14)24-10-8-15(9-11-24)23-18(20-5)22-13-17(25)26-19(2,3)4/h6-7,12,15H,8-11,13H2,1-5H3,(H2,20,22,23). The van der Waals surface area contributed by atoms with E-state index in [4.69, 9.17) is 4.74 Å². The Morgan fingerprint density at radius 1 is 1.35 bits per heavy atom. The molecule has 0 bridgehead atoms. The average Bonchev–Trinajstić information content (AvgIpc) is 2.58. The van der Waals surface area contributed by atoms with Crippen LogP contribution in [0.5, 0.6) is 0 Å². The van der Waals surface area contributed by atoms with Gasteiger partial charge in [0.2, 0.25) is 0 Å². The van der Waals surface area contributed by atoms with E-state index >= 15 is 0 Å². The number of nitrogens with one attached hydrogen (secondary N) is 2. The van der Waals surface area contributed by atoms with E-state index < -0.39 is 5.60 Å². The van der Waals surface area contributed by atoms with Crippen LogP contribution in [0.4, 0.5) is 5.82 Å². The highest BCUT2D eigenvalue weighted by Crippen LogP contribution is 2.18. The molecule has 1 aliphatic heterocycles. The van der Waals surface area contributed by atoms with Gasteiger partial charge in [-0.15, -0.1) is 0 Å². The Balaban J connectivity index is 1.76. The van der Waals surface area contributed by atoms with Crippen molar-refractivity contribution >= 4 is 17.7 Å². The fourth-order valence-corrected chi connectivity index (χ4v) is 2.82. The molecule has 2 N–H and O–H groups in total. The first-order valence-corrected chi connectivity index (χ1v) is 9.13. The molecule has 2 rings (SSSR count). The van der Waals surface area contributed by atoms with Gasteiger partial charge in [-0.2, -0.15) is 0 Å². The predicted octanol–water partition coefficient (Wildman–Crippen LogP) is 1.87. The molecule has 0 unspecified atom stereocenters. The van der Waals surface area contributed by atoms with Crippen LogP contribution in [-0.2, 0) is 9.53 Å². The third-order valence-corrected chi connectivity index (χ3v) is 4.10. The predicted molar refractivity (Wildman–Crippen MR) is 105 cm³/mol. The Hall–Kier alpha value is -2.31. The first-order valence-electron chi connectivity index (χ1n) is 9.13. The summed E-state index contributed by atoms with van der Waals surface area (Å²) in [5, 5.41) is 6.42. The summed E-state index contributed by atoms with van der Waals surface area (Å²) in [6, 6.07) is 4.49. The van der Waals surface area contributed by atoms with E-state index in [1.807, 2.05) is 33.9 Å². The van der Waals surface area contributed by atoms with Crippen molar-refractivity contribution in [1.29, 1.82) is 0 Å². The van der Waals surface area contributed by atoms with Gasteiger partial charge in [-0.25, -0.2) is 4.98 Å². The van der Waals surface area contributed by atoms with Crippen molar-refractivity contribution in [2.45, 2.75) is 52.2 Å². The summed E-state index contributed by atoms with van der Waals surface area (Å²) in [5.41, 5.74) is 0.692. The highest BCUT2D eigenvalue weighted by Gasteiger charge is 2.21. The number of ether oxygens (including phenoxy) is 1. The van der Waals surface area contributed by atoms with Crippen molar-refractivity contribution in [1.82, 2.24) is 15.6 Å². The second kappa shape index (κ2) is 8.87. The van der Waals surface area contributed by atoms with Gasteiger partial charge in [-0.3, -0.25) is 9.79 Å². The van der Waals surface area contributed by atoms with E-state index in [-0.39, 0.29) is 12.5 Å². The van der Waals surface area contributed by atoms with Gasteiger partial charge in [0.1, 0.15) is 18.0 Å². The molecule has 7 nitrogen and oxygen atoms in total. The van der Waals surface area contributed by atoms with Crippen LogP contribution in [0, 0.1) is 6.92 Å². The number of pyridine rings is 1. The number of aliphatic imine (C=N–C) groups is 1. The van der Waals surface area contributed by atoms with E-state index in [9.17, 15) is 4.79 Å². The number of guanidine groups is 1. The van der Waals surface area contributed by atoms with Gasteiger partial charge < -0.3 is 20.3 Å². The lowest BCUT2D eigenvalue weighted by Gasteiger charge is -2.33. The van der Waals surface area contributed by atoms with Crippen LogP contribution in [0.1, 0.15) is 39.2 Å². The zero-order valence-corrected chi connectivity index (χ0v) is 16.5. The van der Waals surface area contributed by atoms with Crippen LogP contribution in [0.25, 0.3) is 0 Å². The Kier molecular flexibility index (Phi) is 6.83. The third kappa shape index (κ3) is 6.54. The van der Waals surface area contributed by atoms with Crippen LogP contribution in [0.15, 0.2) is 23.3 Å². The number of anilines is 1. The summed E-state index contributed by atoms with van der Waals surface area (Å²) < 4.78 is 5.30. The topological polar surface area (TPSA) is 78.8 Å². The van der Waals surface area contributed by atoms with E-state index in [2.05, 4.69) is 37.6 Å². The molecule has 0 amide bonds. The summed E-state index contributed by atoms with van der Waals surface area (Å²) in [6.45, 7) is 9.59. The molecular formula is C19H31N5O2. The van der Waals surface area contributed by atoms with Gasteiger partial charge in [0, 0.05) is 32.4 Å². The molecule has 26 heavy (non-hydrogen) atoms. The molecule has 0 atom stereocenters. The molecule has 0 aliphatic carbocycles. The summed E-state index contributed by atoms with van der Waals surface area (Å²) in [5.74, 6) is 1.37. The van der Waals surface area contributed by atoms with Crippen molar-refractivity contribution in [2.75, 3.05) is 31.6 Å². The van der Waals surface area contributed by atoms with Gasteiger partial charge in [0.15, 0.2) is 5.96 Å². The van der Waals surface area contributed by atoms with E-state index in [1.54, 1.807) is 7.05 Å². The monoisotopic (exact) mass is 361 g/mol. The molecule has 1 aromatic rings. The number of esters is 1. The Bertz CT molecular complexity index is 614. The van der Waals surface area contributed by atoms with Crippen molar-refractivity contribution < 1.29 is 9.53 Å². The molecular weight excluding hydrogens is 330 g/mol. The number of hydrogen-bond acceptors (Lipinski definition) is 5. The van der Waals surface area contributed by atoms with Gasteiger partial charge in [0.05, 0.1) is 0 Å². The van der Waals surface area contributed by atoms with Gasteiger partial charge >= 0.3 is 5.97 Å². The van der Waals surface area contributed by atoms with Crippen molar-refractivity contribution in [3.05, 3.63) is 23.9 Å². The van der Waals surface area contributed by atoms with Crippen LogP contribution >= 0.6 is 0 Å². The highest BCUT2D eigenvalue weighted by atomic mass is 16.6. The van der Waals surface area contributed by atoms with Crippen LogP contribution in [0.3, 0.4) is 0 Å². The van der Waals surface area contributed by atoms with E-state index in [0.717, 1.165) is 31.7 Å².